The normalized spacial score (nSPS) is 16.2. The van der Waals surface area contributed by atoms with Crippen molar-refractivity contribution in [3.8, 4) is 0 Å². The molecular weight excluding hydrogens is 188 g/mol. The summed E-state index contributed by atoms with van der Waals surface area (Å²) in [6, 6.07) is 0.533. The zero-order valence-electron chi connectivity index (χ0n) is 9.62. The molecule has 1 aliphatic rings. The summed E-state index contributed by atoms with van der Waals surface area (Å²) in [6.07, 6.45) is 6.60. The van der Waals surface area contributed by atoms with E-state index in [9.17, 15) is 0 Å². The Hall–Kier alpha value is -0.830. The molecule has 0 atom stereocenters. The third kappa shape index (κ3) is 3.67. The number of rotatable bonds is 6. The van der Waals surface area contributed by atoms with Crippen LogP contribution in [0.1, 0.15) is 38.3 Å². The Morgan fingerprint density at radius 1 is 1.53 bits per heavy atom. The van der Waals surface area contributed by atoms with Crippen LogP contribution in [0.15, 0.2) is 10.6 Å². The molecule has 2 rings (SSSR count). The molecule has 1 aliphatic carbocycles. The fraction of sp³-hybridized carbons (Fsp3) is 0.750. The summed E-state index contributed by atoms with van der Waals surface area (Å²) < 4.78 is 5.67. The minimum Gasteiger partial charge on any atom is -0.446 e. The van der Waals surface area contributed by atoms with E-state index in [-0.39, 0.29) is 0 Å². The molecule has 0 aromatic carbocycles. The Labute approximate surface area is 91.3 Å². The molecule has 84 valence electrons. The van der Waals surface area contributed by atoms with E-state index in [2.05, 4.69) is 24.1 Å². The first-order chi connectivity index (χ1) is 7.24. The van der Waals surface area contributed by atoms with Crippen LogP contribution in [0.5, 0.6) is 0 Å². The molecule has 0 spiro atoms. The van der Waals surface area contributed by atoms with E-state index >= 15 is 0 Å². The number of nitrogens with zero attached hydrogens (tertiary/aromatic N) is 1. The highest BCUT2D eigenvalue weighted by Crippen LogP contribution is 2.32. The van der Waals surface area contributed by atoms with Gasteiger partial charge in [-0.3, -0.25) is 0 Å². The zero-order chi connectivity index (χ0) is 10.7. The first kappa shape index (κ1) is 10.7. The van der Waals surface area contributed by atoms with Crippen molar-refractivity contribution in [3.05, 3.63) is 17.8 Å². The van der Waals surface area contributed by atoms with Crippen LogP contribution in [0, 0.1) is 5.92 Å². The maximum Gasteiger partial charge on any atom is 0.195 e. The van der Waals surface area contributed by atoms with Gasteiger partial charge in [0.15, 0.2) is 5.89 Å². The first-order valence-corrected chi connectivity index (χ1v) is 5.91. The molecule has 1 aromatic rings. The molecule has 1 N–H and O–H groups in total. The van der Waals surface area contributed by atoms with Gasteiger partial charge in [-0.25, -0.2) is 4.98 Å². The highest BCUT2D eigenvalue weighted by atomic mass is 16.4. The number of hydrogen-bond donors (Lipinski definition) is 1. The zero-order valence-corrected chi connectivity index (χ0v) is 9.62. The van der Waals surface area contributed by atoms with E-state index in [1.165, 1.54) is 12.8 Å². The minimum absolute atomic E-state index is 0.533. The van der Waals surface area contributed by atoms with Crippen molar-refractivity contribution < 1.29 is 4.42 Å². The third-order valence-electron chi connectivity index (χ3n) is 2.68. The molecule has 0 saturated heterocycles. The molecule has 0 unspecified atom stereocenters. The fourth-order valence-electron chi connectivity index (χ4n) is 1.63. The number of nitrogens with one attached hydrogen (secondary N) is 1. The molecule has 15 heavy (non-hydrogen) atoms. The lowest BCUT2D eigenvalue weighted by atomic mass is 10.2. The van der Waals surface area contributed by atoms with Crippen LogP contribution in [0.25, 0.3) is 0 Å². The molecule has 0 bridgehead atoms. The van der Waals surface area contributed by atoms with E-state index in [1.54, 1.807) is 0 Å². The van der Waals surface area contributed by atoms with Gasteiger partial charge in [-0.2, -0.15) is 0 Å². The smallest absolute Gasteiger partial charge is 0.195 e. The standard InChI is InChI=1S/C12H20N2O/c1-9(2)13-6-5-12-14-8-11(15-12)7-10-3-4-10/h8-10,13H,3-7H2,1-2H3. The summed E-state index contributed by atoms with van der Waals surface area (Å²) in [4.78, 5) is 4.29. The lowest BCUT2D eigenvalue weighted by Gasteiger charge is -2.05. The third-order valence-corrected chi connectivity index (χ3v) is 2.68. The number of oxazole rings is 1. The topological polar surface area (TPSA) is 38.1 Å². The largest absolute Gasteiger partial charge is 0.446 e. The van der Waals surface area contributed by atoms with Crippen LogP contribution >= 0.6 is 0 Å². The molecule has 1 aromatic heterocycles. The van der Waals surface area contributed by atoms with Gasteiger partial charge in [0.05, 0.1) is 6.20 Å². The van der Waals surface area contributed by atoms with Gasteiger partial charge < -0.3 is 9.73 Å². The van der Waals surface area contributed by atoms with Crippen LogP contribution in [-0.2, 0) is 12.8 Å². The van der Waals surface area contributed by atoms with Crippen molar-refractivity contribution >= 4 is 0 Å². The van der Waals surface area contributed by atoms with E-state index in [1.807, 2.05) is 6.20 Å². The summed E-state index contributed by atoms with van der Waals surface area (Å²) in [6.45, 7) is 5.24. The van der Waals surface area contributed by atoms with Crippen molar-refractivity contribution in [2.24, 2.45) is 5.92 Å². The van der Waals surface area contributed by atoms with E-state index < -0.39 is 0 Å². The number of aromatic nitrogens is 1. The maximum absolute atomic E-state index is 5.67. The predicted molar refractivity (Wildman–Crippen MR) is 59.8 cm³/mol. The Kier molecular flexibility index (Phi) is 3.41. The first-order valence-electron chi connectivity index (χ1n) is 5.91. The highest BCUT2D eigenvalue weighted by molar-refractivity contribution is 4.98. The molecule has 1 saturated carbocycles. The summed E-state index contributed by atoms with van der Waals surface area (Å²) in [7, 11) is 0. The summed E-state index contributed by atoms with van der Waals surface area (Å²) >= 11 is 0. The lowest BCUT2D eigenvalue weighted by molar-refractivity contribution is 0.437. The average molecular weight is 208 g/mol. The second-order valence-corrected chi connectivity index (χ2v) is 4.73. The summed E-state index contributed by atoms with van der Waals surface area (Å²) in [5, 5.41) is 3.36. The quantitative estimate of drug-likeness (QED) is 0.778. The average Bonchev–Trinajstić information content (AvgIpc) is 2.86. The number of hydrogen-bond acceptors (Lipinski definition) is 3. The SMILES string of the molecule is CC(C)NCCc1ncc(CC2CC2)o1. The summed E-state index contributed by atoms with van der Waals surface area (Å²) in [5.74, 6) is 2.82. The van der Waals surface area contributed by atoms with Crippen molar-refractivity contribution in [2.45, 2.75) is 45.6 Å². The van der Waals surface area contributed by atoms with Crippen LogP contribution in [-0.4, -0.2) is 17.6 Å². The second-order valence-electron chi connectivity index (χ2n) is 4.73. The molecule has 3 nitrogen and oxygen atoms in total. The van der Waals surface area contributed by atoms with Crippen LogP contribution in [0.4, 0.5) is 0 Å². The molecule has 0 radical (unpaired) electrons. The maximum atomic E-state index is 5.67. The van der Waals surface area contributed by atoms with Gasteiger partial charge >= 0.3 is 0 Å². The van der Waals surface area contributed by atoms with Crippen LogP contribution in [0.2, 0.25) is 0 Å². The van der Waals surface area contributed by atoms with Gasteiger partial charge in [0, 0.05) is 25.4 Å². The van der Waals surface area contributed by atoms with Gasteiger partial charge in [0.25, 0.3) is 0 Å². The molecule has 1 heterocycles. The van der Waals surface area contributed by atoms with Crippen molar-refractivity contribution in [1.29, 1.82) is 0 Å². The Balaban J connectivity index is 1.73. The predicted octanol–water partition coefficient (Wildman–Crippen LogP) is 2.17. The molecule has 1 fully saturated rings. The fourth-order valence-corrected chi connectivity index (χ4v) is 1.63. The minimum atomic E-state index is 0.533. The van der Waals surface area contributed by atoms with Gasteiger partial charge in [0.2, 0.25) is 0 Å². The molecule has 0 aliphatic heterocycles. The lowest BCUT2D eigenvalue weighted by Crippen LogP contribution is -2.24. The Morgan fingerprint density at radius 2 is 2.33 bits per heavy atom. The second kappa shape index (κ2) is 4.79. The van der Waals surface area contributed by atoms with Crippen LogP contribution < -0.4 is 5.32 Å². The summed E-state index contributed by atoms with van der Waals surface area (Å²) in [5.41, 5.74) is 0. The van der Waals surface area contributed by atoms with Crippen LogP contribution in [0.3, 0.4) is 0 Å². The van der Waals surface area contributed by atoms with Crippen molar-refractivity contribution in [3.63, 3.8) is 0 Å². The van der Waals surface area contributed by atoms with E-state index in [0.29, 0.717) is 6.04 Å². The van der Waals surface area contributed by atoms with Gasteiger partial charge in [0.1, 0.15) is 5.76 Å². The van der Waals surface area contributed by atoms with Crippen molar-refractivity contribution in [2.75, 3.05) is 6.54 Å². The highest BCUT2D eigenvalue weighted by Gasteiger charge is 2.23. The Morgan fingerprint density at radius 3 is 3.00 bits per heavy atom. The van der Waals surface area contributed by atoms with Gasteiger partial charge in [-0.05, 0) is 18.8 Å². The molecular formula is C12H20N2O. The molecule has 3 heteroatoms. The van der Waals surface area contributed by atoms with Gasteiger partial charge in [-0.15, -0.1) is 0 Å². The van der Waals surface area contributed by atoms with Gasteiger partial charge in [-0.1, -0.05) is 13.8 Å². The monoisotopic (exact) mass is 208 g/mol. The Bertz CT molecular complexity index is 302. The van der Waals surface area contributed by atoms with Crippen molar-refractivity contribution in [1.82, 2.24) is 10.3 Å². The van der Waals surface area contributed by atoms with E-state index in [0.717, 1.165) is 37.0 Å². The molecule has 0 amide bonds. The van der Waals surface area contributed by atoms with E-state index in [4.69, 9.17) is 4.42 Å².